The van der Waals surface area contributed by atoms with Gasteiger partial charge >= 0.3 is 0 Å². The molecule has 1 aromatic carbocycles. The van der Waals surface area contributed by atoms with Gasteiger partial charge in [-0.15, -0.1) is 5.10 Å². The minimum absolute atomic E-state index is 0.161. The Morgan fingerprint density at radius 2 is 2.06 bits per heavy atom. The summed E-state index contributed by atoms with van der Waals surface area (Å²) in [6.07, 6.45) is 1.11. The lowest BCUT2D eigenvalue weighted by Crippen LogP contribution is -2.23. The van der Waals surface area contributed by atoms with Crippen molar-refractivity contribution < 1.29 is 0 Å². The molecule has 0 saturated heterocycles. The normalized spacial score (nSPS) is 12.6. The number of hydrogen-bond donors (Lipinski definition) is 1. The molecule has 1 unspecified atom stereocenters. The molecule has 2 aromatic rings. The molecule has 3 nitrogen and oxygen atoms in total. The fraction of sp³-hybridized carbons (Fsp3) is 0.385. The molecule has 1 N–H and O–H groups in total. The Bertz CT molecular complexity index is 436. The molecule has 0 aliphatic rings. The predicted molar refractivity (Wildman–Crippen MR) is 71.2 cm³/mol. The van der Waals surface area contributed by atoms with Crippen LogP contribution in [0.25, 0.3) is 0 Å². The standard InChI is InChI=1S/C13H17N3S/c1-3-8-14-13(12-9-17-16-15-12)11-6-4-10(2)5-7-11/h4-7,9,13-14H,3,8H2,1-2H3. The molecule has 0 saturated carbocycles. The molecular weight excluding hydrogens is 230 g/mol. The molecule has 0 spiro atoms. The van der Waals surface area contributed by atoms with Crippen molar-refractivity contribution in [2.24, 2.45) is 0 Å². The Labute approximate surface area is 106 Å². The molecule has 1 heterocycles. The lowest BCUT2D eigenvalue weighted by molar-refractivity contribution is 0.585. The van der Waals surface area contributed by atoms with Gasteiger partial charge in [-0.3, -0.25) is 0 Å². The van der Waals surface area contributed by atoms with E-state index < -0.39 is 0 Å². The second-order valence-corrected chi connectivity index (χ2v) is 4.74. The van der Waals surface area contributed by atoms with Crippen LogP contribution in [0, 0.1) is 6.92 Å². The van der Waals surface area contributed by atoms with E-state index in [0.29, 0.717) is 0 Å². The van der Waals surface area contributed by atoms with Crippen LogP contribution in [0.1, 0.15) is 36.2 Å². The molecule has 1 atom stereocenters. The van der Waals surface area contributed by atoms with Crippen LogP contribution in [0.5, 0.6) is 0 Å². The number of hydrogen-bond acceptors (Lipinski definition) is 4. The van der Waals surface area contributed by atoms with Crippen LogP contribution in [-0.4, -0.2) is 16.1 Å². The molecule has 1 aromatic heterocycles. The van der Waals surface area contributed by atoms with Crippen LogP contribution in [0.2, 0.25) is 0 Å². The predicted octanol–water partition coefficient (Wildman–Crippen LogP) is 2.94. The van der Waals surface area contributed by atoms with Crippen molar-refractivity contribution in [3.63, 3.8) is 0 Å². The number of aromatic nitrogens is 2. The maximum Gasteiger partial charge on any atom is 0.0970 e. The highest BCUT2D eigenvalue weighted by Crippen LogP contribution is 2.21. The van der Waals surface area contributed by atoms with Crippen LogP contribution >= 0.6 is 11.5 Å². The third-order valence-electron chi connectivity index (χ3n) is 2.68. The summed E-state index contributed by atoms with van der Waals surface area (Å²) in [5.74, 6) is 0. The fourth-order valence-corrected chi connectivity index (χ4v) is 2.22. The molecule has 17 heavy (non-hydrogen) atoms. The number of rotatable bonds is 5. The van der Waals surface area contributed by atoms with E-state index in [0.717, 1.165) is 18.7 Å². The number of nitrogens with one attached hydrogen (secondary N) is 1. The van der Waals surface area contributed by atoms with E-state index in [-0.39, 0.29) is 6.04 Å². The highest BCUT2D eigenvalue weighted by molar-refractivity contribution is 7.03. The molecule has 90 valence electrons. The quantitative estimate of drug-likeness (QED) is 0.882. The molecule has 0 aliphatic carbocycles. The molecule has 4 heteroatoms. The Morgan fingerprint density at radius 1 is 1.29 bits per heavy atom. The highest BCUT2D eigenvalue weighted by atomic mass is 32.1. The molecule has 2 rings (SSSR count). The van der Waals surface area contributed by atoms with Crippen LogP contribution in [0.15, 0.2) is 29.6 Å². The Kier molecular flexibility index (Phi) is 4.23. The summed E-state index contributed by atoms with van der Waals surface area (Å²) in [6, 6.07) is 8.74. The van der Waals surface area contributed by atoms with E-state index in [1.165, 1.54) is 22.7 Å². The number of aryl methyl sites for hydroxylation is 1. The van der Waals surface area contributed by atoms with E-state index >= 15 is 0 Å². The zero-order valence-corrected chi connectivity index (χ0v) is 11.0. The van der Waals surface area contributed by atoms with Crippen molar-refractivity contribution >= 4 is 11.5 Å². The summed E-state index contributed by atoms with van der Waals surface area (Å²) in [7, 11) is 0. The summed E-state index contributed by atoms with van der Waals surface area (Å²) in [6.45, 7) is 5.25. The third-order valence-corrected chi connectivity index (χ3v) is 3.20. The van der Waals surface area contributed by atoms with Gasteiger partial charge in [-0.1, -0.05) is 41.2 Å². The van der Waals surface area contributed by atoms with Crippen molar-refractivity contribution in [1.29, 1.82) is 0 Å². The maximum absolute atomic E-state index is 4.17. The molecule has 0 bridgehead atoms. The zero-order valence-electron chi connectivity index (χ0n) is 10.2. The summed E-state index contributed by atoms with van der Waals surface area (Å²) in [5, 5.41) is 9.69. The van der Waals surface area contributed by atoms with Gasteiger partial charge in [0, 0.05) is 5.38 Å². The Hall–Kier alpha value is -1.26. The van der Waals surface area contributed by atoms with Crippen molar-refractivity contribution in [2.45, 2.75) is 26.3 Å². The lowest BCUT2D eigenvalue weighted by atomic mass is 10.0. The topological polar surface area (TPSA) is 37.8 Å². The SMILES string of the molecule is CCCNC(c1ccc(C)cc1)c1csnn1. The molecular formula is C13H17N3S. The second-order valence-electron chi connectivity index (χ2n) is 4.13. The number of nitrogens with zero attached hydrogens (tertiary/aromatic N) is 2. The van der Waals surface area contributed by atoms with E-state index in [2.05, 4.69) is 53.0 Å². The largest absolute Gasteiger partial charge is 0.305 e. The Morgan fingerprint density at radius 3 is 2.65 bits per heavy atom. The summed E-state index contributed by atoms with van der Waals surface area (Å²) in [4.78, 5) is 0. The third kappa shape index (κ3) is 3.11. The van der Waals surface area contributed by atoms with Gasteiger partial charge in [0.05, 0.1) is 11.7 Å². The van der Waals surface area contributed by atoms with E-state index in [4.69, 9.17) is 0 Å². The average molecular weight is 247 g/mol. The monoisotopic (exact) mass is 247 g/mol. The summed E-state index contributed by atoms with van der Waals surface area (Å²) < 4.78 is 3.95. The maximum atomic E-state index is 4.17. The van der Waals surface area contributed by atoms with Gasteiger partial charge in [-0.2, -0.15) is 0 Å². The molecule has 0 radical (unpaired) electrons. The van der Waals surface area contributed by atoms with Gasteiger partial charge in [0.25, 0.3) is 0 Å². The summed E-state index contributed by atoms with van der Waals surface area (Å²) >= 11 is 1.40. The van der Waals surface area contributed by atoms with Crippen molar-refractivity contribution in [3.05, 3.63) is 46.5 Å². The Balaban J connectivity index is 2.23. The smallest absolute Gasteiger partial charge is 0.0970 e. The van der Waals surface area contributed by atoms with Gasteiger partial charge in [-0.25, -0.2) is 0 Å². The first-order valence-electron chi connectivity index (χ1n) is 5.88. The van der Waals surface area contributed by atoms with Gasteiger partial charge in [0.2, 0.25) is 0 Å². The second kappa shape index (κ2) is 5.89. The van der Waals surface area contributed by atoms with Crippen molar-refractivity contribution in [3.8, 4) is 0 Å². The van der Waals surface area contributed by atoms with Crippen LogP contribution in [-0.2, 0) is 0 Å². The molecule has 0 aliphatic heterocycles. The van der Waals surface area contributed by atoms with Gasteiger partial charge < -0.3 is 5.32 Å². The van der Waals surface area contributed by atoms with E-state index in [1.54, 1.807) is 0 Å². The van der Waals surface area contributed by atoms with E-state index in [1.807, 2.05) is 5.38 Å². The first-order chi connectivity index (χ1) is 8.31. The van der Waals surface area contributed by atoms with Crippen LogP contribution in [0.3, 0.4) is 0 Å². The minimum atomic E-state index is 0.161. The van der Waals surface area contributed by atoms with Crippen molar-refractivity contribution in [1.82, 2.24) is 14.9 Å². The first kappa shape index (κ1) is 12.2. The number of benzene rings is 1. The first-order valence-corrected chi connectivity index (χ1v) is 6.72. The summed E-state index contributed by atoms with van der Waals surface area (Å²) in [5.41, 5.74) is 3.53. The van der Waals surface area contributed by atoms with Crippen LogP contribution < -0.4 is 5.32 Å². The molecule has 0 fully saturated rings. The van der Waals surface area contributed by atoms with E-state index in [9.17, 15) is 0 Å². The zero-order chi connectivity index (χ0) is 12.1. The van der Waals surface area contributed by atoms with Gasteiger partial charge in [-0.05, 0) is 37.0 Å². The highest BCUT2D eigenvalue weighted by Gasteiger charge is 2.15. The minimum Gasteiger partial charge on any atom is -0.305 e. The fourth-order valence-electron chi connectivity index (χ4n) is 1.74. The van der Waals surface area contributed by atoms with Gasteiger partial charge in [0.1, 0.15) is 0 Å². The average Bonchev–Trinajstić information content (AvgIpc) is 2.85. The van der Waals surface area contributed by atoms with Gasteiger partial charge in [0.15, 0.2) is 0 Å². The lowest BCUT2D eigenvalue weighted by Gasteiger charge is -2.16. The van der Waals surface area contributed by atoms with Crippen LogP contribution in [0.4, 0.5) is 0 Å². The molecule has 0 amide bonds. The van der Waals surface area contributed by atoms with Crippen molar-refractivity contribution in [2.75, 3.05) is 6.54 Å².